The summed E-state index contributed by atoms with van der Waals surface area (Å²) in [6.45, 7) is 2.72. The molecule has 0 bridgehead atoms. The van der Waals surface area contributed by atoms with Crippen molar-refractivity contribution in [2.75, 3.05) is 19.7 Å². The van der Waals surface area contributed by atoms with Crippen LogP contribution in [0.4, 0.5) is 0 Å². The first-order valence-electron chi connectivity index (χ1n) is 7.47. The Morgan fingerprint density at radius 2 is 1.95 bits per heavy atom. The third-order valence-electron chi connectivity index (χ3n) is 4.78. The van der Waals surface area contributed by atoms with Gasteiger partial charge in [0.05, 0.1) is 6.10 Å². The van der Waals surface area contributed by atoms with Crippen LogP contribution in [0.5, 0.6) is 0 Å². The van der Waals surface area contributed by atoms with Crippen LogP contribution in [-0.2, 0) is 9.53 Å². The average molecular weight is 289 g/mol. The summed E-state index contributed by atoms with van der Waals surface area (Å²) in [5, 5.41) is 6.66. The molecule has 1 amide bonds. The van der Waals surface area contributed by atoms with Crippen LogP contribution in [0.3, 0.4) is 0 Å². The summed E-state index contributed by atoms with van der Waals surface area (Å²) >= 11 is 0. The van der Waals surface area contributed by atoms with Crippen molar-refractivity contribution in [2.45, 2.75) is 50.7 Å². The average Bonchev–Trinajstić information content (AvgIpc) is 2.91. The summed E-state index contributed by atoms with van der Waals surface area (Å²) in [4.78, 5) is 12.4. The van der Waals surface area contributed by atoms with E-state index in [2.05, 4.69) is 10.6 Å². The Morgan fingerprint density at radius 3 is 2.74 bits per heavy atom. The fourth-order valence-corrected chi connectivity index (χ4v) is 3.73. The summed E-state index contributed by atoms with van der Waals surface area (Å²) in [7, 11) is 0. The Labute approximate surface area is 121 Å². The van der Waals surface area contributed by atoms with Gasteiger partial charge >= 0.3 is 0 Å². The van der Waals surface area contributed by atoms with Gasteiger partial charge in [-0.05, 0) is 32.2 Å². The van der Waals surface area contributed by atoms with Gasteiger partial charge in [-0.3, -0.25) is 4.79 Å². The minimum Gasteiger partial charge on any atom is -0.378 e. The van der Waals surface area contributed by atoms with Crippen LogP contribution in [-0.4, -0.2) is 37.7 Å². The number of nitrogens with one attached hydrogen (secondary N) is 2. The van der Waals surface area contributed by atoms with Crippen molar-refractivity contribution in [3.8, 4) is 0 Å². The van der Waals surface area contributed by atoms with E-state index in [-0.39, 0.29) is 24.2 Å². The highest BCUT2D eigenvalue weighted by molar-refractivity contribution is 5.85. The van der Waals surface area contributed by atoms with Crippen LogP contribution >= 0.6 is 12.4 Å². The number of fused-ring (bicyclic) bond motifs is 1. The topological polar surface area (TPSA) is 50.4 Å². The second-order valence-corrected chi connectivity index (χ2v) is 5.95. The van der Waals surface area contributed by atoms with E-state index < -0.39 is 0 Å². The number of amides is 1. The summed E-state index contributed by atoms with van der Waals surface area (Å²) in [6, 6.07) is 0.440. The molecule has 110 valence electrons. The first kappa shape index (κ1) is 15.1. The lowest BCUT2D eigenvalue weighted by Gasteiger charge is -2.40. The molecule has 0 aromatic carbocycles. The summed E-state index contributed by atoms with van der Waals surface area (Å²) < 4.78 is 5.81. The van der Waals surface area contributed by atoms with E-state index in [1.54, 1.807) is 0 Å². The first-order chi connectivity index (χ1) is 8.84. The fourth-order valence-electron chi connectivity index (χ4n) is 3.73. The number of piperidine rings is 1. The summed E-state index contributed by atoms with van der Waals surface area (Å²) in [5.74, 6) is 0.829. The molecule has 5 heteroatoms. The molecule has 0 unspecified atom stereocenters. The molecular formula is C14H25ClN2O2. The fraction of sp³-hybridized carbons (Fsp3) is 0.929. The standard InChI is InChI=1S/C14H24N2O2.ClH/c17-14(16-10-3-1-2-4-10)11-6-8-18-13-5-7-15-9-12(11)13;/h10-13,15H,1-9H2,(H,16,17);1H/t11-,12+,13-;/m1./s1. The molecule has 3 rings (SSSR count). The lowest BCUT2D eigenvalue weighted by molar-refractivity contribution is -0.138. The number of carbonyl (C=O) groups is 1. The molecule has 3 fully saturated rings. The quantitative estimate of drug-likeness (QED) is 0.809. The number of rotatable bonds is 2. The van der Waals surface area contributed by atoms with Crippen molar-refractivity contribution in [3.05, 3.63) is 0 Å². The van der Waals surface area contributed by atoms with Gasteiger partial charge in [-0.15, -0.1) is 12.4 Å². The van der Waals surface area contributed by atoms with E-state index in [0.29, 0.717) is 18.1 Å². The Hall–Kier alpha value is -0.320. The minimum atomic E-state index is 0. The molecule has 0 spiro atoms. The highest BCUT2D eigenvalue weighted by Gasteiger charge is 2.40. The van der Waals surface area contributed by atoms with Gasteiger partial charge in [-0.2, -0.15) is 0 Å². The Morgan fingerprint density at radius 1 is 1.16 bits per heavy atom. The predicted octanol–water partition coefficient (Wildman–Crippen LogP) is 1.48. The molecule has 1 saturated carbocycles. The van der Waals surface area contributed by atoms with E-state index in [9.17, 15) is 4.79 Å². The minimum absolute atomic E-state index is 0. The molecule has 3 aliphatic rings. The maximum absolute atomic E-state index is 12.4. The van der Waals surface area contributed by atoms with Gasteiger partial charge in [0.25, 0.3) is 0 Å². The van der Waals surface area contributed by atoms with Crippen LogP contribution < -0.4 is 10.6 Å². The number of hydrogen-bond donors (Lipinski definition) is 2. The molecule has 4 nitrogen and oxygen atoms in total. The van der Waals surface area contributed by atoms with Gasteiger partial charge in [0.15, 0.2) is 0 Å². The molecule has 19 heavy (non-hydrogen) atoms. The van der Waals surface area contributed by atoms with Crippen molar-refractivity contribution in [3.63, 3.8) is 0 Å². The van der Waals surface area contributed by atoms with Crippen LogP contribution in [0, 0.1) is 11.8 Å². The second kappa shape index (κ2) is 6.91. The van der Waals surface area contributed by atoms with Crippen molar-refractivity contribution in [1.29, 1.82) is 0 Å². The van der Waals surface area contributed by atoms with Gasteiger partial charge in [0, 0.05) is 31.0 Å². The van der Waals surface area contributed by atoms with Crippen LogP contribution in [0.25, 0.3) is 0 Å². The third-order valence-corrected chi connectivity index (χ3v) is 4.78. The molecule has 2 aliphatic heterocycles. The largest absolute Gasteiger partial charge is 0.378 e. The van der Waals surface area contributed by atoms with Gasteiger partial charge in [0.1, 0.15) is 0 Å². The monoisotopic (exact) mass is 288 g/mol. The second-order valence-electron chi connectivity index (χ2n) is 5.95. The van der Waals surface area contributed by atoms with Crippen molar-refractivity contribution >= 4 is 18.3 Å². The first-order valence-corrected chi connectivity index (χ1v) is 7.47. The predicted molar refractivity (Wildman–Crippen MR) is 76.5 cm³/mol. The van der Waals surface area contributed by atoms with E-state index in [1.807, 2.05) is 0 Å². The number of hydrogen-bond acceptors (Lipinski definition) is 3. The Balaban J connectivity index is 0.00000133. The van der Waals surface area contributed by atoms with E-state index in [4.69, 9.17) is 4.74 Å². The summed E-state index contributed by atoms with van der Waals surface area (Å²) in [5.41, 5.74) is 0. The van der Waals surface area contributed by atoms with Crippen LogP contribution in [0.1, 0.15) is 38.5 Å². The van der Waals surface area contributed by atoms with Gasteiger partial charge in [-0.1, -0.05) is 12.8 Å². The molecule has 0 radical (unpaired) electrons. The molecular weight excluding hydrogens is 264 g/mol. The highest BCUT2D eigenvalue weighted by atomic mass is 35.5. The third kappa shape index (κ3) is 3.41. The lowest BCUT2D eigenvalue weighted by Crippen LogP contribution is -2.53. The molecule has 3 atom stereocenters. The van der Waals surface area contributed by atoms with E-state index in [0.717, 1.165) is 32.5 Å². The molecule has 0 aromatic heterocycles. The Bertz CT molecular complexity index is 306. The zero-order chi connectivity index (χ0) is 12.4. The maximum Gasteiger partial charge on any atom is 0.223 e. The van der Waals surface area contributed by atoms with Crippen LogP contribution in [0.15, 0.2) is 0 Å². The van der Waals surface area contributed by atoms with Gasteiger partial charge < -0.3 is 15.4 Å². The zero-order valence-corrected chi connectivity index (χ0v) is 12.2. The number of ether oxygens (including phenoxy) is 1. The molecule has 2 saturated heterocycles. The normalized spacial score (nSPS) is 35.3. The zero-order valence-electron chi connectivity index (χ0n) is 11.4. The van der Waals surface area contributed by atoms with Crippen molar-refractivity contribution in [2.24, 2.45) is 11.8 Å². The molecule has 1 aliphatic carbocycles. The number of halogens is 1. The maximum atomic E-state index is 12.4. The Kier molecular flexibility index (Phi) is 5.48. The van der Waals surface area contributed by atoms with E-state index in [1.165, 1.54) is 25.7 Å². The van der Waals surface area contributed by atoms with Gasteiger partial charge in [-0.25, -0.2) is 0 Å². The van der Waals surface area contributed by atoms with Gasteiger partial charge in [0.2, 0.25) is 5.91 Å². The van der Waals surface area contributed by atoms with E-state index >= 15 is 0 Å². The highest BCUT2D eigenvalue weighted by Crippen LogP contribution is 2.31. The lowest BCUT2D eigenvalue weighted by atomic mass is 9.79. The summed E-state index contributed by atoms with van der Waals surface area (Å²) in [6.07, 6.45) is 7.12. The number of carbonyl (C=O) groups excluding carboxylic acids is 1. The molecule has 2 N–H and O–H groups in total. The smallest absolute Gasteiger partial charge is 0.223 e. The van der Waals surface area contributed by atoms with Crippen molar-refractivity contribution < 1.29 is 9.53 Å². The molecule has 0 aromatic rings. The van der Waals surface area contributed by atoms with Crippen molar-refractivity contribution in [1.82, 2.24) is 10.6 Å². The molecule has 2 heterocycles. The van der Waals surface area contributed by atoms with Crippen LogP contribution in [0.2, 0.25) is 0 Å². The SMILES string of the molecule is Cl.O=C(NC1CCCC1)[C@@H]1CCO[C@@H]2CCNC[C@H]21.